The summed E-state index contributed by atoms with van der Waals surface area (Å²) in [6.07, 6.45) is 6.21. The van der Waals surface area contributed by atoms with Crippen LogP contribution in [0.5, 0.6) is 0 Å². The van der Waals surface area contributed by atoms with Gasteiger partial charge in [-0.3, -0.25) is 4.79 Å². The Kier molecular flexibility index (Phi) is 11.2. The van der Waals surface area contributed by atoms with E-state index >= 15 is 4.39 Å². The lowest BCUT2D eigenvalue weighted by molar-refractivity contribution is -0.137. The summed E-state index contributed by atoms with van der Waals surface area (Å²) in [7, 11) is 1.31. The van der Waals surface area contributed by atoms with Crippen molar-refractivity contribution in [3.05, 3.63) is 59.4 Å². The van der Waals surface area contributed by atoms with Crippen LogP contribution in [0.2, 0.25) is 0 Å². The maximum absolute atomic E-state index is 15.6. The molecular formula is C33H46FN3O4. The van der Waals surface area contributed by atoms with Crippen LogP contribution < -0.4 is 10.6 Å². The van der Waals surface area contributed by atoms with Gasteiger partial charge in [0.1, 0.15) is 5.82 Å². The highest BCUT2D eigenvalue weighted by Gasteiger charge is 2.43. The van der Waals surface area contributed by atoms with E-state index in [9.17, 15) is 14.7 Å². The number of nitrogens with zero attached hydrogens (tertiary/aromatic N) is 1. The number of alkyl carbamates (subject to hydrolysis) is 1. The molecule has 2 aromatic carbocycles. The summed E-state index contributed by atoms with van der Waals surface area (Å²) in [5.74, 6) is 0.0616. The van der Waals surface area contributed by atoms with Crippen LogP contribution in [0.3, 0.4) is 0 Å². The van der Waals surface area contributed by atoms with Crippen LogP contribution in [-0.2, 0) is 21.6 Å². The first-order valence-corrected chi connectivity index (χ1v) is 15.3. The molecule has 7 nitrogen and oxygen atoms in total. The third-order valence-corrected chi connectivity index (χ3v) is 8.97. The normalized spacial score (nSPS) is 19.4. The molecule has 2 aliphatic heterocycles. The van der Waals surface area contributed by atoms with Crippen LogP contribution in [0, 0.1) is 17.7 Å². The second-order valence-electron chi connectivity index (χ2n) is 11.6. The lowest BCUT2D eigenvalue weighted by Crippen LogP contribution is -2.48. The maximum atomic E-state index is 15.6. The van der Waals surface area contributed by atoms with Gasteiger partial charge in [0.15, 0.2) is 0 Å². The second-order valence-corrected chi connectivity index (χ2v) is 11.6. The van der Waals surface area contributed by atoms with Gasteiger partial charge >= 0.3 is 6.09 Å². The van der Waals surface area contributed by atoms with E-state index in [-0.39, 0.29) is 17.6 Å². The van der Waals surface area contributed by atoms with E-state index in [0.29, 0.717) is 55.9 Å². The Balaban J connectivity index is 1.61. The third-order valence-electron chi connectivity index (χ3n) is 8.97. The molecule has 2 atom stereocenters. The number of carbonyl (C=O) groups excluding carboxylic acids is 2. The fraction of sp³-hybridized carbons (Fsp3) is 0.576. The Morgan fingerprint density at radius 3 is 2.71 bits per heavy atom. The van der Waals surface area contributed by atoms with E-state index < -0.39 is 11.7 Å². The van der Waals surface area contributed by atoms with Crippen molar-refractivity contribution in [3.8, 4) is 11.1 Å². The summed E-state index contributed by atoms with van der Waals surface area (Å²) in [6, 6.07) is 12.7. The van der Waals surface area contributed by atoms with Crippen molar-refractivity contribution < 1.29 is 23.8 Å². The Hall–Kier alpha value is -2.97. The molecule has 4 rings (SSSR count). The molecule has 2 fully saturated rings. The molecular weight excluding hydrogens is 521 g/mol. The van der Waals surface area contributed by atoms with Gasteiger partial charge in [-0.15, -0.1) is 0 Å². The lowest BCUT2D eigenvalue weighted by Gasteiger charge is -2.44. The summed E-state index contributed by atoms with van der Waals surface area (Å²) in [5.41, 5.74) is 1.37. The monoisotopic (exact) mass is 567 g/mol. The number of halogens is 1. The number of carbonyl (C=O) groups is 2. The molecule has 0 bridgehead atoms. The minimum atomic E-state index is -1.40. The van der Waals surface area contributed by atoms with Gasteiger partial charge in [-0.05, 0) is 93.1 Å². The molecule has 2 aliphatic rings. The maximum Gasteiger partial charge on any atom is 0.406 e. The molecule has 3 N–H and O–H groups in total. The molecule has 0 spiro atoms. The predicted molar refractivity (Wildman–Crippen MR) is 159 cm³/mol. The van der Waals surface area contributed by atoms with Gasteiger partial charge in [-0.2, -0.15) is 0 Å². The number of benzene rings is 2. The number of aryl methyl sites for hydroxylation is 1. The summed E-state index contributed by atoms with van der Waals surface area (Å²) in [4.78, 5) is 26.9. The zero-order valence-corrected chi connectivity index (χ0v) is 24.6. The van der Waals surface area contributed by atoms with E-state index in [1.54, 1.807) is 6.07 Å². The summed E-state index contributed by atoms with van der Waals surface area (Å²) in [5, 5.41) is 18.7. The van der Waals surface area contributed by atoms with Crippen molar-refractivity contribution in [1.29, 1.82) is 0 Å². The van der Waals surface area contributed by atoms with Crippen LogP contribution in [0.1, 0.15) is 69.4 Å². The first-order chi connectivity index (χ1) is 19.9. The minimum Gasteiger partial charge on any atom is -0.453 e. The average Bonchev–Trinajstić information content (AvgIpc) is 3.02. The number of methoxy groups -OCH3 is 1. The highest BCUT2D eigenvalue weighted by Crippen LogP contribution is 2.44. The standard InChI is InChI=1S/C33H46FN3O4/c1-3-24-8-4-9-26(22-24)31-28(11-5-12-29(31)34)33(40,17-7-18-36-32(39)41-2)27-10-6-21-37(23-27)30(38)14-13-25-15-19-35-20-16-25/h4-5,8-9,11-12,22,25,27,35,40H,3,6-7,10,13-21,23H2,1-2H3,(H,36,39). The summed E-state index contributed by atoms with van der Waals surface area (Å²) in [6.45, 7) is 5.51. The van der Waals surface area contributed by atoms with E-state index in [1.165, 1.54) is 13.2 Å². The Labute approximate surface area is 243 Å². The predicted octanol–water partition coefficient (Wildman–Crippen LogP) is 5.40. The van der Waals surface area contributed by atoms with Gasteiger partial charge in [-0.1, -0.05) is 43.3 Å². The largest absolute Gasteiger partial charge is 0.453 e. The molecule has 0 aromatic heterocycles. The molecule has 41 heavy (non-hydrogen) atoms. The topological polar surface area (TPSA) is 90.9 Å². The number of hydrogen-bond donors (Lipinski definition) is 3. The Morgan fingerprint density at radius 2 is 1.95 bits per heavy atom. The second kappa shape index (κ2) is 14.8. The lowest BCUT2D eigenvalue weighted by atomic mass is 9.72. The fourth-order valence-electron chi connectivity index (χ4n) is 6.55. The van der Waals surface area contributed by atoms with Crippen LogP contribution in [0.25, 0.3) is 11.1 Å². The molecule has 2 saturated heterocycles. The number of rotatable bonds is 11. The molecule has 2 amide bonds. The van der Waals surface area contributed by atoms with Gasteiger partial charge in [0.05, 0.1) is 12.7 Å². The Bertz CT molecular complexity index is 1170. The average molecular weight is 568 g/mol. The van der Waals surface area contributed by atoms with Crippen LogP contribution >= 0.6 is 0 Å². The van der Waals surface area contributed by atoms with E-state index in [2.05, 4.69) is 17.6 Å². The first-order valence-electron chi connectivity index (χ1n) is 15.3. The Morgan fingerprint density at radius 1 is 1.17 bits per heavy atom. The molecule has 0 radical (unpaired) electrons. The van der Waals surface area contributed by atoms with Crippen molar-refractivity contribution >= 4 is 12.0 Å². The van der Waals surface area contributed by atoms with E-state index in [4.69, 9.17) is 4.74 Å². The highest BCUT2D eigenvalue weighted by molar-refractivity contribution is 5.76. The number of amides is 2. The van der Waals surface area contributed by atoms with Crippen molar-refractivity contribution in [1.82, 2.24) is 15.5 Å². The van der Waals surface area contributed by atoms with Gasteiger partial charge in [0, 0.05) is 37.5 Å². The van der Waals surface area contributed by atoms with Gasteiger partial charge in [0.25, 0.3) is 0 Å². The summed E-state index contributed by atoms with van der Waals surface area (Å²) < 4.78 is 20.3. The van der Waals surface area contributed by atoms with Gasteiger partial charge < -0.3 is 25.4 Å². The number of likely N-dealkylation sites (tertiary alicyclic amines) is 1. The van der Waals surface area contributed by atoms with Crippen molar-refractivity contribution in [2.45, 2.75) is 70.3 Å². The van der Waals surface area contributed by atoms with Crippen LogP contribution in [0.4, 0.5) is 9.18 Å². The zero-order chi connectivity index (χ0) is 29.2. The highest BCUT2D eigenvalue weighted by atomic mass is 19.1. The van der Waals surface area contributed by atoms with Crippen LogP contribution in [0.15, 0.2) is 42.5 Å². The number of ether oxygens (including phenoxy) is 1. The molecule has 0 aliphatic carbocycles. The molecule has 2 heterocycles. The number of piperidine rings is 2. The number of aliphatic hydroxyl groups is 1. The molecule has 224 valence electrons. The molecule has 0 saturated carbocycles. The molecule has 2 aromatic rings. The smallest absolute Gasteiger partial charge is 0.406 e. The van der Waals surface area contributed by atoms with Gasteiger partial charge in [-0.25, -0.2) is 9.18 Å². The summed E-state index contributed by atoms with van der Waals surface area (Å²) >= 11 is 0. The third kappa shape index (κ3) is 7.86. The zero-order valence-electron chi connectivity index (χ0n) is 24.6. The molecule has 2 unspecified atom stereocenters. The van der Waals surface area contributed by atoms with Crippen LogP contribution in [-0.4, -0.2) is 61.8 Å². The quantitative estimate of drug-likeness (QED) is 0.317. The fourth-order valence-corrected chi connectivity index (χ4v) is 6.55. The molecule has 8 heteroatoms. The van der Waals surface area contributed by atoms with Gasteiger partial charge in [0.2, 0.25) is 5.91 Å². The minimum absolute atomic E-state index is 0.137. The number of hydrogen-bond acceptors (Lipinski definition) is 5. The van der Waals surface area contributed by atoms with E-state index in [0.717, 1.165) is 62.7 Å². The first kappa shape index (κ1) is 31.0. The van der Waals surface area contributed by atoms with Crippen molar-refractivity contribution in [3.63, 3.8) is 0 Å². The SMILES string of the molecule is CCc1cccc(-c2c(F)cccc2C(O)(CCCNC(=O)OC)C2CCCN(C(=O)CCC3CCNCC3)C2)c1. The van der Waals surface area contributed by atoms with E-state index in [1.807, 2.05) is 35.2 Å². The number of nitrogens with one attached hydrogen (secondary N) is 2. The van der Waals surface area contributed by atoms with Crippen molar-refractivity contribution in [2.75, 3.05) is 39.8 Å². The van der Waals surface area contributed by atoms with Crippen molar-refractivity contribution in [2.24, 2.45) is 11.8 Å².